The van der Waals surface area contributed by atoms with Crippen LogP contribution in [0.15, 0.2) is 18.3 Å². The molecule has 1 spiro atoms. The number of carbonyl (C=O) groups is 1. The van der Waals surface area contributed by atoms with Crippen molar-refractivity contribution in [3.63, 3.8) is 0 Å². The van der Waals surface area contributed by atoms with Crippen LogP contribution >= 0.6 is 0 Å². The van der Waals surface area contributed by atoms with Gasteiger partial charge in [0, 0.05) is 43.6 Å². The standard InChI is InChI=1S/C20H30N2O3/c1-19(2,3)17-5-4-15(12-21-17)13-22-9-6-20(7-10-25-11-8-20)16(14-22)18(23)24/h4-5,12,16H,6-11,13-14H2,1-3H3,(H,23,24). The fraction of sp³-hybridized carbons (Fsp3) is 0.700. The van der Waals surface area contributed by atoms with Gasteiger partial charge in [0.25, 0.3) is 0 Å². The third-order valence-corrected chi connectivity index (χ3v) is 5.89. The first kappa shape index (κ1) is 18.3. The van der Waals surface area contributed by atoms with E-state index in [-0.39, 0.29) is 16.7 Å². The average molecular weight is 346 g/mol. The summed E-state index contributed by atoms with van der Waals surface area (Å²) in [5.41, 5.74) is 2.21. The van der Waals surface area contributed by atoms with Crippen molar-refractivity contribution in [1.29, 1.82) is 0 Å². The lowest BCUT2D eigenvalue weighted by Gasteiger charge is -2.48. The van der Waals surface area contributed by atoms with Crippen LogP contribution in [0, 0.1) is 11.3 Å². The zero-order valence-electron chi connectivity index (χ0n) is 15.6. The van der Waals surface area contributed by atoms with E-state index in [0.29, 0.717) is 19.8 Å². The third-order valence-electron chi connectivity index (χ3n) is 5.89. The van der Waals surface area contributed by atoms with Crippen LogP contribution < -0.4 is 0 Å². The minimum Gasteiger partial charge on any atom is -0.481 e. The second kappa shape index (κ2) is 7.04. The topological polar surface area (TPSA) is 62.7 Å². The number of aromatic nitrogens is 1. The number of carboxylic acids is 1. The molecule has 2 aliphatic rings. The van der Waals surface area contributed by atoms with Crippen molar-refractivity contribution in [3.8, 4) is 0 Å². The van der Waals surface area contributed by atoms with Crippen LogP contribution in [0.1, 0.15) is 51.3 Å². The van der Waals surface area contributed by atoms with E-state index >= 15 is 0 Å². The Balaban J connectivity index is 1.67. The molecule has 2 aliphatic heterocycles. The Labute approximate surface area is 150 Å². The lowest BCUT2D eigenvalue weighted by atomic mass is 9.65. The third kappa shape index (κ3) is 4.04. The Kier molecular flexibility index (Phi) is 5.16. The highest BCUT2D eigenvalue weighted by atomic mass is 16.5. The first-order valence-electron chi connectivity index (χ1n) is 9.28. The lowest BCUT2D eigenvalue weighted by Crippen LogP contribution is -2.52. The molecule has 5 heteroatoms. The molecule has 0 aromatic carbocycles. The summed E-state index contributed by atoms with van der Waals surface area (Å²) >= 11 is 0. The van der Waals surface area contributed by atoms with Crippen LogP contribution in [0.2, 0.25) is 0 Å². The second-order valence-electron chi connectivity index (χ2n) is 8.65. The van der Waals surface area contributed by atoms with E-state index in [1.54, 1.807) is 0 Å². The van der Waals surface area contributed by atoms with E-state index in [1.165, 1.54) is 0 Å². The molecule has 25 heavy (non-hydrogen) atoms. The number of rotatable bonds is 3. The monoisotopic (exact) mass is 346 g/mol. The molecule has 1 aromatic heterocycles. The number of likely N-dealkylation sites (tertiary alicyclic amines) is 1. The molecule has 0 amide bonds. The fourth-order valence-corrected chi connectivity index (χ4v) is 4.18. The van der Waals surface area contributed by atoms with Gasteiger partial charge in [-0.3, -0.25) is 14.7 Å². The van der Waals surface area contributed by atoms with Gasteiger partial charge in [-0.25, -0.2) is 0 Å². The first-order chi connectivity index (χ1) is 11.8. The maximum Gasteiger partial charge on any atom is 0.308 e. The van der Waals surface area contributed by atoms with Crippen LogP contribution in [0.5, 0.6) is 0 Å². The number of aliphatic carboxylic acids is 1. The molecule has 5 nitrogen and oxygen atoms in total. The van der Waals surface area contributed by atoms with Crippen molar-refractivity contribution < 1.29 is 14.6 Å². The highest BCUT2D eigenvalue weighted by Gasteiger charge is 2.47. The Morgan fingerprint density at radius 2 is 2.04 bits per heavy atom. The Morgan fingerprint density at radius 3 is 2.60 bits per heavy atom. The number of nitrogens with zero attached hydrogens (tertiary/aromatic N) is 2. The molecule has 2 saturated heterocycles. The molecule has 1 atom stereocenters. The normalized spacial score (nSPS) is 24.4. The van der Waals surface area contributed by atoms with Crippen molar-refractivity contribution in [1.82, 2.24) is 9.88 Å². The summed E-state index contributed by atoms with van der Waals surface area (Å²) in [4.78, 5) is 18.8. The van der Waals surface area contributed by atoms with E-state index in [4.69, 9.17) is 4.74 Å². The zero-order chi connectivity index (χ0) is 18.1. The summed E-state index contributed by atoms with van der Waals surface area (Å²) < 4.78 is 5.47. The van der Waals surface area contributed by atoms with Gasteiger partial charge in [0.1, 0.15) is 0 Å². The molecule has 1 unspecified atom stereocenters. The lowest BCUT2D eigenvalue weighted by molar-refractivity contribution is -0.156. The Bertz CT molecular complexity index is 600. The molecule has 1 aromatic rings. The number of hydrogen-bond acceptors (Lipinski definition) is 4. The van der Waals surface area contributed by atoms with Crippen molar-refractivity contribution in [2.75, 3.05) is 26.3 Å². The first-order valence-corrected chi connectivity index (χ1v) is 9.28. The number of piperidine rings is 1. The summed E-state index contributed by atoms with van der Waals surface area (Å²) in [5.74, 6) is -0.959. The van der Waals surface area contributed by atoms with Gasteiger partial charge in [0.2, 0.25) is 0 Å². The smallest absolute Gasteiger partial charge is 0.308 e. The van der Waals surface area contributed by atoms with Crippen LogP contribution in [0.4, 0.5) is 0 Å². The van der Waals surface area contributed by atoms with E-state index < -0.39 is 5.97 Å². The maximum absolute atomic E-state index is 11.9. The van der Waals surface area contributed by atoms with Crippen molar-refractivity contribution in [3.05, 3.63) is 29.6 Å². The predicted molar refractivity (Wildman–Crippen MR) is 96.4 cm³/mol. The number of hydrogen-bond donors (Lipinski definition) is 1. The Hall–Kier alpha value is -1.46. The van der Waals surface area contributed by atoms with Crippen LogP contribution in [-0.4, -0.2) is 47.3 Å². The Morgan fingerprint density at radius 1 is 1.32 bits per heavy atom. The average Bonchev–Trinajstić information content (AvgIpc) is 2.57. The van der Waals surface area contributed by atoms with E-state index in [0.717, 1.165) is 43.6 Å². The van der Waals surface area contributed by atoms with Crippen molar-refractivity contribution in [2.24, 2.45) is 11.3 Å². The van der Waals surface area contributed by atoms with Crippen molar-refractivity contribution >= 4 is 5.97 Å². The highest BCUT2D eigenvalue weighted by Crippen LogP contribution is 2.45. The fourth-order valence-electron chi connectivity index (χ4n) is 4.18. The molecular weight excluding hydrogens is 316 g/mol. The molecule has 2 fully saturated rings. The minimum absolute atomic E-state index is 0.0491. The van der Waals surface area contributed by atoms with Crippen LogP contribution in [0.3, 0.4) is 0 Å². The van der Waals surface area contributed by atoms with Crippen LogP contribution in [0.25, 0.3) is 0 Å². The van der Waals surface area contributed by atoms with Gasteiger partial charge >= 0.3 is 5.97 Å². The van der Waals surface area contributed by atoms with Crippen LogP contribution in [-0.2, 0) is 21.5 Å². The maximum atomic E-state index is 11.9. The molecule has 0 radical (unpaired) electrons. The van der Waals surface area contributed by atoms with Gasteiger partial charge < -0.3 is 9.84 Å². The molecule has 138 valence electrons. The van der Waals surface area contributed by atoms with Crippen molar-refractivity contribution in [2.45, 2.75) is 52.0 Å². The second-order valence-corrected chi connectivity index (χ2v) is 8.65. The van der Waals surface area contributed by atoms with Gasteiger partial charge in [0.05, 0.1) is 5.92 Å². The number of carboxylic acid groups (broad SMARTS) is 1. The number of pyridine rings is 1. The summed E-state index contributed by atoms with van der Waals surface area (Å²) in [6.07, 6.45) is 4.63. The van der Waals surface area contributed by atoms with E-state index in [9.17, 15) is 9.90 Å². The van der Waals surface area contributed by atoms with Gasteiger partial charge in [-0.05, 0) is 42.9 Å². The molecule has 0 bridgehead atoms. The number of ether oxygens (including phenoxy) is 1. The SMILES string of the molecule is CC(C)(C)c1ccc(CN2CCC3(CCOCC3)C(C(=O)O)C2)cn1. The summed E-state index contributed by atoms with van der Waals surface area (Å²) in [6.45, 7) is 10.2. The van der Waals surface area contributed by atoms with Gasteiger partial charge in [-0.1, -0.05) is 26.8 Å². The molecule has 0 aliphatic carbocycles. The molecule has 1 N–H and O–H groups in total. The summed E-state index contributed by atoms with van der Waals surface area (Å²) in [5, 5.41) is 9.79. The van der Waals surface area contributed by atoms with E-state index in [1.807, 2.05) is 6.20 Å². The molecule has 3 heterocycles. The van der Waals surface area contributed by atoms with Gasteiger partial charge in [0.15, 0.2) is 0 Å². The van der Waals surface area contributed by atoms with E-state index in [2.05, 4.69) is 42.8 Å². The van der Waals surface area contributed by atoms with Gasteiger partial charge in [-0.15, -0.1) is 0 Å². The zero-order valence-corrected chi connectivity index (χ0v) is 15.6. The van der Waals surface area contributed by atoms with Gasteiger partial charge in [-0.2, -0.15) is 0 Å². The summed E-state index contributed by atoms with van der Waals surface area (Å²) in [6, 6.07) is 4.22. The molecular formula is C20H30N2O3. The largest absolute Gasteiger partial charge is 0.481 e. The highest BCUT2D eigenvalue weighted by molar-refractivity contribution is 5.71. The molecule has 3 rings (SSSR count). The quantitative estimate of drug-likeness (QED) is 0.911. The molecule has 0 saturated carbocycles. The predicted octanol–water partition coefficient (Wildman–Crippen LogP) is 3.08. The summed E-state index contributed by atoms with van der Waals surface area (Å²) in [7, 11) is 0. The minimum atomic E-state index is -0.659.